The van der Waals surface area contributed by atoms with Crippen molar-refractivity contribution in [1.29, 1.82) is 0 Å². The van der Waals surface area contributed by atoms with Crippen molar-refractivity contribution in [3.05, 3.63) is 53.3 Å². The van der Waals surface area contributed by atoms with Crippen LogP contribution in [-0.4, -0.2) is 43.1 Å². The first kappa shape index (κ1) is 17.2. The SMILES string of the molecule is COc1cc2c(cc1OC)CN(CC(=O)NCc1ccccn1)CC2. The summed E-state index contributed by atoms with van der Waals surface area (Å²) in [5.41, 5.74) is 3.29. The smallest absolute Gasteiger partial charge is 0.234 e. The van der Waals surface area contributed by atoms with Crippen molar-refractivity contribution in [2.75, 3.05) is 27.3 Å². The fraction of sp³-hybridized carbons (Fsp3) is 0.368. The zero-order valence-corrected chi connectivity index (χ0v) is 14.6. The fourth-order valence-electron chi connectivity index (χ4n) is 3.03. The van der Waals surface area contributed by atoms with Crippen LogP contribution >= 0.6 is 0 Å². The van der Waals surface area contributed by atoms with Gasteiger partial charge < -0.3 is 14.8 Å². The number of pyridine rings is 1. The van der Waals surface area contributed by atoms with Crippen LogP contribution in [0.2, 0.25) is 0 Å². The Morgan fingerprint density at radius 3 is 2.64 bits per heavy atom. The number of aromatic nitrogens is 1. The Bertz CT molecular complexity index is 734. The Morgan fingerprint density at radius 1 is 1.20 bits per heavy atom. The normalized spacial score (nSPS) is 13.8. The molecular formula is C19H23N3O3. The average Bonchev–Trinajstić information content (AvgIpc) is 2.66. The van der Waals surface area contributed by atoms with Crippen LogP contribution in [0.5, 0.6) is 11.5 Å². The molecule has 2 aromatic rings. The lowest BCUT2D eigenvalue weighted by molar-refractivity contribution is -0.122. The van der Waals surface area contributed by atoms with E-state index in [1.807, 2.05) is 30.3 Å². The highest BCUT2D eigenvalue weighted by atomic mass is 16.5. The summed E-state index contributed by atoms with van der Waals surface area (Å²) < 4.78 is 10.7. The Morgan fingerprint density at radius 2 is 1.96 bits per heavy atom. The molecule has 0 unspecified atom stereocenters. The number of carbonyl (C=O) groups is 1. The zero-order chi connectivity index (χ0) is 17.6. The Kier molecular flexibility index (Phi) is 5.50. The summed E-state index contributed by atoms with van der Waals surface area (Å²) in [5.74, 6) is 1.49. The topological polar surface area (TPSA) is 63.7 Å². The molecule has 1 aromatic heterocycles. The molecule has 0 spiro atoms. The molecule has 1 N–H and O–H groups in total. The summed E-state index contributed by atoms with van der Waals surface area (Å²) >= 11 is 0. The lowest BCUT2D eigenvalue weighted by Gasteiger charge is -2.29. The average molecular weight is 341 g/mol. The molecule has 1 aliphatic rings. The van der Waals surface area contributed by atoms with E-state index < -0.39 is 0 Å². The molecule has 6 nitrogen and oxygen atoms in total. The largest absolute Gasteiger partial charge is 0.493 e. The van der Waals surface area contributed by atoms with Gasteiger partial charge in [-0.15, -0.1) is 0 Å². The predicted octanol–water partition coefficient (Wildman–Crippen LogP) is 1.77. The number of carbonyl (C=O) groups excluding carboxylic acids is 1. The summed E-state index contributed by atoms with van der Waals surface area (Å²) in [4.78, 5) is 18.5. The van der Waals surface area contributed by atoms with Gasteiger partial charge in [0.15, 0.2) is 11.5 Å². The number of hydrogen-bond acceptors (Lipinski definition) is 5. The van der Waals surface area contributed by atoms with Gasteiger partial charge >= 0.3 is 0 Å². The highest BCUT2D eigenvalue weighted by Crippen LogP contribution is 2.33. The molecule has 0 aliphatic carbocycles. The van der Waals surface area contributed by atoms with Gasteiger partial charge in [-0.3, -0.25) is 14.7 Å². The molecule has 1 aliphatic heterocycles. The molecule has 0 radical (unpaired) electrons. The summed E-state index contributed by atoms with van der Waals surface area (Å²) in [6.45, 7) is 2.40. The number of benzene rings is 1. The number of fused-ring (bicyclic) bond motifs is 1. The maximum Gasteiger partial charge on any atom is 0.234 e. The fourth-order valence-corrected chi connectivity index (χ4v) is 3.03. The maximum absolute atomic E-state index is 12.2. The summed E-state index contributed by atoms with van der Waals surface area (Å²) in [6.07, 6.45) is 2.62. The van der Waals surface area contributed by atoms with Crippen molar-refractivity contribution < 1.29 is 14.3 Å². The van der Waals surface area contributed by atoms with E-state index in [0.717, 1.165) is 36.7 Å². The van der Waals surface area contributed by atoms with Crippen molar-refractivity contribution >= 4 is 5.91 Å². The van der Waals surface area contributed by atoms with Gasteiger partial charge in [-0.05, 0) is 41.8 Å². The van der Waals surface area contributed by atoms with E-state index >= 15 is 0 Å². The zero-order valence-electron chi connectivity index (χ0n) is 14.6. The number of hydrogen-bond donors (Lipinski definition) is 1. The molecule has 0 fully saturated rings. The molecule has 0 atom stereocenters. The minimum absolute atomic E-state index is 0.00887. The van der Waals surface area contributed by atoms with Gasteiger partial charge in [-0.25, -0.2) is 0 Å². The van der Waals surface area contributed by atoms with E-state index in [4.69, 9.17) is 9.47 Å². The van der Waals surface area contributed by atoms with E-state index in [-0.39, 0.29) is 5.91 Å². The Labute approximate surface area is 147 Å². The molecule has 3 rings (SSSR count). The molecule has 132 valence electrons. The second-order valence-electron chi connectivity index (χ2n) is 6.03. The highest BCUT2D eigenvalue weighted by molar-refractivity contribution is 5.78. The number of amides is 1. The third-order valence-corrected chi connectivity index (χ3v) is 4.36. The molecule has 2 heterocycles. The van der Waals surface area contributed by atoms with Gasteiger partial charge in [0.25, 0.3) is 0 Å². The van der Waals surface area contributed by atoms with Gasteiger partial charge in [0.2, 0.25) is 5.91 Å². The molecule has 25 heavy (non-hydrogen) atoms. The van der Waals surface area contributed by atoms with Crippen LogP contribution in [0, 0.1) is 0 Å². The standard InChI is InChI=1S/C19H23N3O3/c1-24-17-9-14-6-8-22(12-15(14)10-18(17)25-2)13-19(23)21-11-16-5-3-4-7-20-16/h3-5,7,9-10H,6,8,11-13H2,1-2H3,(H,21,23). The van der Waals surface area contributed by atoms with Crippen LogP contribution in [0.1, 0.15) is 16.8 Å². The van der Waals surface area contributed by atoms with Crippen LogP contribution in [0.25, 0.3) is 0 Å². The van der Waals surface area contributed by atoms with Crippen LogP contribution in [0.3, 0.4) is 0 Å². The number of ether oxygens (including phenoxy) is 2. The minimum atomic E-state index is 0.00887. The summed E-state index contributed by atoms with van der Waals surface area (Å²) in [7, 11) is 3.28. The molecule has 1 amide bonds. The summed E-state index contributed by atoms with van der Waals surface area (Å²) in [5, 5.41) is 2.92. The first-order valence-corrected chi connectivity index (χ1v) is 8.32. The second kappa shape index (κ2) is 7.98. The first-order chi connectivity index (χ1) is 12.2. The third kappa shape index (κ3) is 4.28. The molecule has 0 saturated heterocycles. The number of nitrogens with zero attached hydrogens (tertiary/aromatic N) is 2. The van der Waals surface area contributed by atoms with E-state index in [1.165, 1.54) is 11.1 Å². The minimum Gasteiger partial charge on any atom is -0.493 e. The van der Waals surface area contributed by atoms with Crippen LogP contribution in [-0.2, 0) is 24.3 Å². The van der Waals surface area contributed by atoms with E-state index in [9.17, 15) is 4.79 Å². The Balaban J connectivity index is 1.58. The molecule has 0 saturated carbocycles. The monoisotopic (exact) mass is 341 g/mol. The second-order valence-corrected chi connectivity index (χ2v) is 6.03. The van der Waals surface area contributed by atoms with Gasteiger partial charge in [0.1, 0.15) is 0 Å². The lowest BCUT2D eigenvalue weighted by Crippen LogP contribution is -2.39. The van der Waals surface area contributed by atoms with E-state index in [1.54, 1.807) is 20.4 Å². The quantitative estimate of drug-likeness (QED) is 0.868. The van der Waals surface area contributed by atoms with Gasteiger partial charge in [0.05, 0.1) is 33.0 Å². The van der Waals surface area contributed by atoms with Gasteiger partial charge in [-0.1, -0.05) is 6.07 Å². The van der Waals surface area contributed by atoms with E-state index in [2.05, 4.69) is 15.2 Å². The molecule has 0 bridgehead atoms. The van der Waals surface area contributed by atoms with Gasteiger partial charge in [0, 0.05) is 19.3 Å². The highest BCUT2D eigenvalue weighted by Gasteiger charge is 2.21. The lowest BCUT2D eigenvalue weighted by atomic mass is 9.99. The maximum atomic E-state index is 12.2. The Hall–Kier alpha value is -2.60. The van der Waals surface area contributed by atoms with Crippen LogP contribution in [0.4, 0.5) is 0 Å². The van der Waals surface area contributed by atoms with Crippen molar-refractivity contribution in [2.45, 2.75) is 19.5 Å². The third-order valence-electron chi connectivity index (χ3n) is 4.36. The van der Waals surface area contributed by atoms with Crippen molar-refractivity contribution in [1.82, 2.24) is 15.2 Å². The van der Waals surface area contributed by atoms with Crippen molar-refractivity contribution in [3.63, 3.8) is 0 Å². The molecule has 1 aromatic carbocycles. The van der Waals surface area contributed by atoms with Crippen LogP contribution in [0.15, 0.2) is 36.5 Å². The molecule has 6 heteroatoms. The molecular weight excluding hydrogens is 318 g/mol. The van der Waals surface area contributed by atoms with E-state index in [0.29, 0.717) is 13.1 Å². The van der Waals surface area contributed by atoms with Crippen molar-refractivity contribution in [2.24, 2.45) is 0 Å². The van der Waals surface area contributed by atoms with Crippen molar-refractivity contribution in [3.8, 4) is 11.5 Å². The number of methoxy groups -OCH3 is 2. The number of nitrogens with one attached hydrogen (secondary N) is 1. The van der Waals surface area contributed by atoms with Gasteiger partial charge in [-0.2, -0.15) is 0 Å². The predicted molar refractivity (Wildman–Crippen MR) is 94.6 cm³/mol. The summed E-state index contributed by atoms with van der Waals surface area (Å²) in [6, 6.07) is 9.72. The van der Waals surface area contributed by atoms with Crippen LogP contribution < -0.4 is 14.8 Å². The first-order valence-electron chi connectivity index (χ1n) is 8.32. The number of rotatable bonds is 6.